The second-order valence-electron chi connectivity index (χ2n) is 26.6. The number of rotatable bonds is 70. The number of carbonyl (C=O) groups is 2. The molecule has 0 N–H and O–H groups in total. The van der Waals surface area contributed by atoms with Crippen molar-refractivity contribution in [3.05, 3.63) is 122 Å². The zero-order valence-corrected chi connectivity index (χ0v) is 61.4. The molecule has 0 heterocycles. The minimum absolute atomic E-state index is 0.0328. The van der Waals surface area contributed by atoms with Crippen LogP contribution in [0.1, 0.15) is 335 Å². The summed E-state index contributed by atoms with van der Waals surface area (Å²) >= 11 is 0. The summed E-state index contributed by atoms with van der Waals surface area (Å²) in [6, 6.07) is 0. The number of allylic oxidation sites excluding steroid dienone is 20. The Bertz CT molecular complexity index is 1970. The van der Waals surface area contributed by atoms with Gasteiger partial charge in [0.2, 0.25) is 0 Å². The summed E-state index contributed by atoms with van der Waals surface area (Å²) in [7, 11) is 1.17. The third-order valence-corrected chi connectivity index (χ3v) is 17.4. The fraction of sp³-hybridized carbons (Fsp3) is 0.732. The van der Waals surface area contributed by atoms with Gasteiger partial charge in [0.25, 0.3) is 7.82 Å². The van der Waals surface area contributed by atoms with E-state index in [-0.39, 0.29) is 32.0 Å². The summed E-state index contributed by atoms with van der Waals surface area (Å²) in [6.07, 6.45) is 103. The fourth-order valence-corrected chi connectivity index (χ4v) is 11.4. The Morgan fingerprint density at radius 2 is 0.587 bits per heavy atom. The Morgan fingerprint density at radius 3 is 0.870 bits per heavy atom. The first-order chi connectivity index (χ1) is 45.0. The van der Waals surface area contributed by atoms with Crippen LogP contribution in [-0.2, 0) is 32.7 Å². The average Bonchev–Trinajstić information content (AvgIpc) is 2.14. The van der Waals surface area contributed by atoms with E-state index in [0.717, 1.165) is 103 Å². The minimum atomic E-state index is -4.65. The lowest BCUT2D eigenvalue weighted by atomic mass is 10.0. The molecule has 0 saturated carbocycles. The van der Waals surface area contributed by atoms with E-state index in [0.29, 0.717) is 17.4 Å². The third-order valence-electron chi connectivity index (χ3n) is 16.5. The maximum Gasteiger partial charge on any atom is 0.306 e. The lowest BCUT2D eigenvalue weighted by Gasteiger charge is -2.28. The molecule has 0 bridgehead atoms. The molecule has 0 amide bonds. The maximum atomic E-state index is 12.9. The van der Waals surface area contributed by atoms with Crippen molar-refractivity contribution < 1.29 is 42.1 Å². The van der Waals surface area contributed by atoms with Gasteiger partial charge in [0.05, 0.1) is 27.7 Å². The second-order valence-corrected chi connectivity index (χ2v) is 28.0. The number of nitrogens with zero attached hydrogens (tertiary/aromatic N) is 1. The van der Waals surface area contributed by atoms with Gasteiger partial charge in [-0.2, -0.15) is 0 Å². The first-order valence-electron chi connectivity index (χ1n) is 38.2. The summed E-state index contributed by atoms with van der Waals surface area (Å²) in [5.41, 5.74) is 0. The van der Waals surface area contributed by atoms with Crippen molar-refractivity contribution in [1.29, 1.82) is 0 Å². The van der Waals surface area contributed by atoms with Gasteiger partial charge in [0.1, 0.15) is 19.8 Å². The molecule has 0 aliphatic carbocycles. The van der Waals surface area contributed by atoms with Gasteiger partial charge in [-0.05, 0) is 103 Å². The van der Waals surface area contributed by atoms with E-state index in [2.05, 4.69) is 135 Å². The summed E-state index contributed by atoms with van der Waals surface area (Å²) in [6.45, 7) is 4.05. The maximum absolute atomic E-state index is 12.9. The van der Waals surface area contributed by atoms with E-state index >= 15 is 0 Å². The molecule has 0 aromatic heterocycles. The van der Waals surface area contributed by atoms with Crippen molar-refractivity contribution >= 4 is 19.8 Å². The van der Waals surface area contributed by atoms with Gasteiger partial charge >= 0.3 is 11.9 Å². The van der Waals surface area contributed by atoms with Gasteiger partial charge in [-0.15, -0.1) is 0 Å². The molecule has 0 aromatic rings. The largest absolute Gasteiger partial charge is 0.756 e. The summed E-state index contributed by atoms with van der Waals surface area (Å²) < 4.78 is 34.4. The summed E-state index contributed by atoms with van der Waals surface area (Å²) in [5, 5.41) is 0. The van der Waals surface area contributed by atoms with Crippen LogP contribution < -0.4 is 4.89 Å². The van der Waals surface area contributed by atoms with Gasteiger partial charge in [0.15, 0.2) is 6.10 Å². The SMILES string of the molecule is CC/C=C\C/C=C\C/C=C\C/C=C\C/C=C\C/C=C\CCCCCCCCCCCCCCCCCCC(=O)OC(COC(=O)CCCCCCCCCCCCCCCCCCCCCC/C=C\C/C=C\C/C=C\C/C=C\CC)COP(=O)([O-])OCC[N+](C)(C)C. The molecule has 92 heavy (non-hydrogen) atoms. The predicted molar refractivity (Wildman–Crippen MR) is 397 cm³/mol. The Morgan fingerprint density at radius 1 is 0.337 bits per heavy atom. The Balaban J connectivity index is 3.98. The van der Waals surface area contributed by atoms with Gasteiger partial charge in [-0.25, -0.2) is 0 Å². The van der Waals surface area contributed by atoms with Gasteiger partial charge in [0, 0.05) is 12.8 Å². The zero-order chi connectivity index (χ0) is 66.9. The molecule has 0 rings (SSSR count). The van der Waals surface area contributed by atoms with Crippen molar-refractivity contribution in [2.45, 2.75) is 341 Å². The molecule has 0 radical (unpaired) electrons. The molecule has 0 saturated heterocycles. The molecule has 0 aliphatic heterocycles. The van der Waals surface area contributed by atoms with E-state index in [1.54, 1.807) is 0 Å². The first kappa shape index (κ1) is 88.4. The number of hydrogen-bond acceptors (Lipinski definition) is 8. The van der Waals surface area contributed by atoms with Crippen LogP contribution in [0.15, 0.2) is 122 Å². The Hall–Kier alpha value is -3.59. The number of quaternary nitrogens is 1. The van der Waals surface area contributed by atoms with E-state index in [1.165, 1.54) is 199 Å². The number of carbonyl (C=O) groups excluding carboxylic acids is 2. The number of phosphoric ester groups is 1. The molecule has 2 unspecified atom stereocenters. The van der Waals surface area contributed by atoms with Crippen LogP contribution >= 0.6 is 7.82 Å². The van der Waals surface area contributed by atoms with Crippen molar-refractivity contribution in [2.24, 2.45) is 0 Å². The molecule has 0 fully saturated rings. The Kier molecular flexibility index (Phi) is 68.9. The van der Waals surface area contributed by atoms with Crippen LogP contribution in [0.3, 0.4) is 0 Å². The summed E-state index contributed by atoms with van der Waals surface area (Å²) in [5.74, 6) is -0.822. The second kappa shape index (κ2) is 71.7. The molecule has 530 valence electrons. The molecule has 9 nitrogen and oxygen atoms in total. The van der Waals surface area contributed by atoms with Crippen molar-refractivity contribution in [2.75, 3.05) is 47.5 Å². The van der Waals surface area contributed by atoms with Crippen LogP contribution in [0.25, 0.3) is 0 Å². The highest BCUT2D eigenvalue weighted by atomic mass is 31.2. The number of likely N-dealkylation sites (N-methyl/N-ethyl adjacent to an activating group) is 1. The quantitative estimate of drug-likeness (QED) is 0.0195. The molecule has 2 atom stereocenters. The highest BCUT2D eigenvalue weighted by Gasteiger charge is 2.22. The van der Waals surface area contributed by atoms with Crippen LogP contribution in [0, 0.1) is 0 Å². The average molecular weight is 1300 g/mol. The highest BCUT2D eigenvalue weighted by Crippen LogP contribution is 2.38. The normalized spacial score (nSPS) is 13.8. The minimum Gasteiger partial charge on any atom is -0.756 e. The lowest BCUT2D eigenvalue weighted by molar-refractivity contribution is -0.870. The van der Waals surface area contributed by atoms with Crippen LogP contribution in [0.2, 0.25) is 0 Å². The molecular weight excluding hydrogens is 1160 g/mol. The third kappa shape index (κ3) is 75.4. The van der Waals surface area contributed by atoms with Gasteiger partial charge in [-0.1, -0.05) is 341 Å². The standard InChI is InChI=1S/C82H144NO8P/c1-6-8-10-12-14-16-18-20-22-24-26-28-30-32-34-36-38-40-41-43-45-47-49-51-53-55-57-59-61-63-65-67-69-71-73-75-82(85)91-80(79-90-92(86,87)89-77-76-83(3,4)5)78-88-81(84)74-72-70-68-66-64-62-60-58-56-54-52-50-48-46-44-42-39-37-35-33-31-29-27-25-23-21-19-17-15-13-11-9-7-2/h8-11,14-17,20-23,26-29,32,34,38,40,80H,6-7,12-13,18-19,24-25,30-31,33,35-37,39,41-79H2,1-5H3/b10-8-,11-9-,16-14-,17-15-,22-20-,23-21-,28-26-,29-27-,34-32-,40-38-. The lowest BCUT2D eigenvalue weighted by Crippen LogP contribution is -2.37. The highest BCUT2D eigenvalue weighted by molar-refractivity contribution is 7.45. The number of ether oxygens (including phenoxy) is 2. The van der Waals surface area contributed by atoms with Crippen molar-refractivity contribution in [3.8, 4) is 0 Å². The number of hydrogen-bond donors (Lipinski definition) is 0. The molecular formula is C82H144NO8P. The van der Waals surface area contributed by atoms with E-state index < -0.39 is 26.5 Å². The predicted octanol–water partition coefficient (Wildman–Crippen LogP) is 24.8. The number of esters is 2. The first-order valence-corrected chi connectivity index (χ1v) is 39.7. The molecule has 10 heteroatoms. The Labute approximate surface area is 568 Å². The van der Waals surface area contributed by atoms with E-state index in [1.807, 2.05) is 21.1 Å². The van der Waals surface area contributed by atoms with Gasteiger partial charge in [-0.3, -0.25) is 14.2 Å². The molecule has 0 aliphatic rings. The van der Waals surface area contributed by atoms with Crippen LogP contribution in [0.5, 0.6) is 0 Å². The van der Waals surface area contributed by atoms with Gasteiger partial charge < -0.3 is 27.9 Å². The monoisotopic (exact) mass is 1300 g/mol. The van der Waals surface area contributed by atoms with E-state index in [9.17, 15) is 19.0 Å². The zero-order valence-electron chi connectivity index (χ0n) is 60.5. The van der Waals surface area contributed by atoms with Crippen molar-refractivity contribution in [3.63, 3.8) is 0 Å². The molecule has 0 spiro atoms. The van der Waals surface area contributed by atoms with Crippen LogP contribution in [-0.4, -0.2) is 70.0 Å². The number of unbranched alkanes of at least 4 members (excludes halogenated alkanes) is 36. The molecule has 0 aromatic carbocycles. The topological polar surface area (TPSA) is 111 Å². The number of phosphoric acid groups is 1. The van der Waals surface area contributed by atoms with Crippen LogP contribution in [0.4, 0.5) is 0 Å². The fourth-order valence-electron chi connectivity index (χ4n) is 10.7. The van der Waals surface area contributed by atoms with E-state index in [4.69, 9.17) is 18.5 Å². The smallest absolute Gasteiger partial charge is 0.306 e. The summed E-state index contributed by atoms with van der Waals surface area (Å²) in [4.78, 5) is 38.2. The van der Waals surface area contributed by atoms with Crippen molar-refractivity contribution in [1.82, 2.24) is 0 Å².